The van der Waals surface area contributed by atoms with E-state index in [1.807, 2.05) is 0 Å². The van der Waals surface area contributed by atoms with Gasteiger partial charge in [-0.3, -0.25) is 0 Å². The molecule has 3 heteroatoms. The lowest BCUT2D eigenvalue weighted by Crippen LogP contribution is -2.24. The molecule has 0 fully saturated rings. The molecule has 23 heavy (non-hydrogen) atoms. The molecular formula is C20H25NO2. The Labute approximate surface area is 138 Å². The number of hydrogen-bond donors (Lipinski definition) is 1. The molecule has 3 rings (SSSR count). The van der Waals surface area contributed by atoms with Crippen LogP contribution in [0.1, 0.15) is 36.1 Å². The van der Waals surface area contributed by atoms with E-state index in [0.717, 1.165) is 25.3 Å². The molecule has 1 heterocycles. The molecule has 0 saturated carbocycles. The van der Waals surface area contributed by atoms with Gasteiger partial charge in [-0.2, -0.15) is 0 Å². The number of rotatable bonds is 6. The highest BCUT2D eigenvalue weighted by Gasteiger charge is 2.29. The fraction of sp³-hybridized carbons (Fsp3) is 0.400. The number of fused-ring (bicyclic) bond motifs is 1. The van der Waals surface area contributed by atoms with Crippen molar-refractivity contribution in [2.75, 3.05) is 7.11 Å². The number of methoxy groups -OCH3 is 1. The monoisotopic (exact) mass is 311 g/mol. The Hall–Kier alpha value is -1.84. The Kier molecular flexibility index (Phi) is 4.69. The van der Waals surface area contributed by atoms with Gasteiger partial charge in [-0.05, 0) is 42.2 Å². The number of nitrogens with one attached hydrogen (secondary N) is 1. The summed E-state index contributed by atoms with van der Waals surface area (Å²) in [6, 6.07) is 15.1. The quantitative estimate of drug-likeness (QED) is 0.879. The molecule has 0 aromatic heterocycles. The summed E-state index contributed by atoms with van der Waals surface area (Å²) < 4.78 is 11.1. The van der Waals surface area contributed by atoms with E-state index in [9.17, 15) is 0 Å². The van der Waals surface area contributed by atoms with Crippen LogP contribution in [0, 0.1) is 0 Å². The van der Waals surface area contributed by atoms with Gasteiger partial charge < -0.3 is 14.8 Å². The van der Waals surface area contributed by atoms with Gasteiger partial charge in [0, 0.05) is 26.6 Å². The molecule has 0 saturated heterocycles. The maximum Gasteiger partial charge on any atom is 0.123 e. The summed E-state index contributed by atoms with van der Waals surface area (Å²) in [7, 11) is 1.72. The third kappa shape index (κ3) is 4.12. The molecule has 0 atom stereocenters. The fourth-order valence-electron chi connectivity index (χ4n) is 3.04. The van der Waals surface area contributed by atoms with Crippen LogP contribution in [0.15, 0.2) is 42.5 Å². The van der Waals surface area contributed by atoms with Gasteiger partial charge in [-0.25, -0.2) is 0 Å². The second-order valence-electron chi connectivity index (χ2n) is 6.83. The lowest BCUT2D eigenvalue weighted by molar-refractivity contribution is 0.138. The maximum absolute atomic E-state index is 5.92. The number of hydrogen-bond acceptors (Lipinski definition) is 3. The first-order valence-corrected chi connectivity index (χ1v) is 8.14. The molecule has 1 N–H and O–H groups in total. The standard InChI is InChI=1S/C20H25NO2/c1-20(2)11-18-10-17(8-9-19(18)23-20)13-21-12-15-4-6-16(7-5-15)14-22-3/h4-10,21H,11-14H2,1-3H3. The molecule has 1 aliphatic rings. The van der Waals surface area contributed by atoms with Crippen molar-refractivity contribution in [2.45, 2.75) is 45.6 Å². The molecule has 0 radical (unpaired) electrons. The lowest BCUT2D eigenvalue weighted by atomic mass is 10.0. The predicted molar refractivity (Wildman–Crippen MR) is 92.6 cm³/mol. The van der Waals surface area contributed by atoms with Crippen molar-refractivity contribution in [2.24, 2.45) is 0 Å². The Morgan fingerprint density at radius 2 is 1.65 bits per heavy atom. The Balaban J connectivity index is 1.53. The Morgan fingerprint density at radius 1 is 1.00 bits per heavy atom. The van der Waals surface area contributed by atoms with Crippen LogP contribution in [-0.4, -0.2) is 12.7 Å². The Bertz CT molecular complexity index is 662. The van der Waals surface area contributed by atoms with Crippen molar-refractivity contribution >= 4 is 0 Å². The van der Waals surface area contributed by atoms with Crippen LogP contribution in [0.3, 0.4) is 0 Å². The van der Waals surface area contributed by atoms with Gasteiger partial charge in [0.25, 0.3) is 0 Å². The highest BCUT2D eigenvalue weighted by atomic mass is 16.5. The first-order chi connectivity index (χ1) is 11.1. The summed E-state index contributed by atoms with van der Waals surface area (Å²) in [5.74, 6) is 1.03. The van der Waals surface area contributed by atoms with Crippen molar-refractivity contribution in [3.63, 3.8) is 0 Å². The van der Waals surface area contributed by atoms with E-state index in [4.69, 9.17) is 9.47 Å². The normalized spacial score (nSPS) is 15.3. The lowest BCUT2D eigenvalue weighted by Gasteiger charge is -2.16. The Morgan fingerprint density at radius 3 is 2.39 bits per heavy atom. The van der Waals surface area contributed by atoms with Crippen LogP contribution in [0.4, 0.5) is 0 Å². The van der Waals surface area contributed by atoms with E-state index in [0.29, 0.717) is 6.61 Å². The highest BCUT2D eigenvalue weighted by Crippen LogP contribution is 2.35. The van der Waals surface area contributed by atoms with Crippen molar-refractivity contribution in [1.29, 1.82) is 0 Å². The molecule has 3 nitrogen and oxygen atoms in total. The summed E-state index contributed by atoms with van der Waals surface area (Å²) in [5.41, 5.74) is 5.05. The average molecular weight is 311 g/mol. The summed E-state index contributed by atoms with van der Waals surface area (Å²) >= 11 is 0. The van der Waals surface area contributed by atoms with Crippen molar-refractivity contribution < 1.29 is 9.47 Å². The minimum Gasteiger partial charge on any atom is -0.487 e. The van der Waals surface area contributed by atoms with Gasteiger partial charge in [-0.15, -0.1) is 0 Å². The molecular weight excluding hydrogens is 286 g/mol. The summed E-state index contributed by atoms with van der Waals surface area (Å²) in [4.78, 5) is 0. The molecule has 0 bridgehead atoms. The van der Waals surface area contributed by atoms with Gasteiger partial charge in [0.1, 0.15) is 11.4 Å². The van der Waals surface area contributed by atoms with Gasteiger partial charge in [0.15, 0.2) is 0 Å². The van der Waals surface area contributed by atoms with Crippen molar-refractivity contribution in [1.82, 2.24) is 5.32 Å². The molecule has 0 aliphatic carbocycles. The first-order valence-electron chi connectivity index (χ1n) is 8.14. The molecule has 1 aliphatic heterocycles. The van der Waals surface area contributed by atoms with E-state index in [1.165, 1.54) is 22.3 Å². The van der Waals surface area contributed by atoms with Gasteiger partial charge in [-0.1, -0.05) is 36.4 Å². The topological polar surface area (TPSA) is 30.5 Å². The number of ether oxygens (including phenoxy) is 2. The van der Waals surface area contributed by atoms with Crippen LogP contribution < -0.4 is 10.1 Å². The second-order valence-corrected chi connectivity index (χ2v) is 6.83. The minimum atomic E-state index is -0.0711. The number of benzene rings is 2. The van der Waals surface area contributed by atoms with Gasteiger partial charge in [0.05, 0.1) is 6.61 Å². The molecule has 122 valence electrons. The summed E-state index contributed by atoms with van der Waals surface area (Å²) in [5, 5.41) is 3.51. The van der Waals surface area contributed by atoms with Crippen molar-refractivity contribution in [3.05, 3.63) is 64.7 Å². The molecule has 0 unspecified atom stereocenters. The predicted octanol–water partition coefficient (Wildman–Crippen LogP) is 3.84. The van der Waals surface area contributed by atoms with Crippen molar-refractivity contribution in [3.8, 4) is 5.75 Å². The largest absolute Gasteiger partial charge is 0.487 e. The van der Waals surface area contributed by atoms with Crippen LogP contribution in [0.5, 0.6) is 5.75 Å². The SMILES string of the molecule is COCc1ccc(CNCc2ccc3c(c2)CC(C)(C)O3)cc1. The third-order valence-electron chi connectivity index (χ3n) is 4.12. The van der Waals surface area contributed by atoms with E-state index >= 15 is 0 Å². The zero-order valence-electron chi connectivity index (χ0n) is 14.2. The third-order valence-corrected chi connectivity index (χ3v) is 4.12. The van der Waals surface area contributed by atoms with Crippen LogP contribution >= 0.6 is 0 Å². The summed E-state index contributed by atoms with van der Waals surface area (Å²) in [6.07, 6.45) is 0.983. The van der Waals surface area contributed by atoms with Crippen LogP contribution in [0.2, 0.25) is 0 Å². The van der Waals surface area contributed by atoms with E-state index in [-0.39, 0.29) is 5.60 Å². The second kappa shape index (κ2) is 6.73. The minimum absolute atomic E-state index is 0.0711. The van der Waals surface area contributed by atoms with E-state index in [2.05, 4.69) is 61.6 Å². The van der Waals surface area contributed by atoms with Gasteiger partial charge >= 0.3 is 0 Å². The molecule has 2 aromatic rings. The first kappa shape index (κ1) is 16.0. The van der Waals surface area contributed by atoms with Gasteiger partial charge in [0.2, 0.25) is 0 Å². The zero-order chi connectivity index (χ0) is 16.3. The summed E-state index contributed by atoms with van der Waals surface area (Å²) in [6.45, 7) is 6.68. The molecule has 2 aromatic carbocycles. The molecule has 0 amide bonds. The highest BCUT2D eigenvalue weighted by molar-refractivity contribution is 5.41. The maximum atomic E-state index is 5.92. The smallest absolute Gasteiger partial charge is 0.123 e. The van der Waals surface area contributed by atoms with Crippen LogP contribution in [-0.2, 0) is 30.9 Å². The zero-order valence-corrected chi connectivity index (χ0v) is 14.2. The van der Waals surface area contributed by atoms with Crippen LogP contribution in [0.25, 0.3) is 0 Å². The van der Waals surface area contributed by atoms with E-state index in [1.54, 1.807) is 7.11 Å². The van der Waals surface area contributed by atoms with E-state index < -0.39 is 0 Å². The molecule has 0 spiro atoms. The average Bonchev–Trinajstić information content (AvgIpc) is 2.82. The fourth-order valence-corrected chi connectivity index (χ4v) is 3.04.